The molecular formula is C20H25N3O4S. The third-order valence-electron chi connectivity index (χ3n) is 4.09. The highest BCUT2D eigenvalue weighted by Gasteiger charge is 2.14. The Morgan fingerprint density at radius 3 is 2.54 bits per heavy atom. The molecule has 0 aliphatic carbocycles. The summed E-state index contributed by atoms with van der Waals surface area (Å²) in [5.41, 5.74) is 2.83. The molecule has 1 aromatic heterocycles. The van der Waals surface area contributed by atoms with E-state index in [-0.39, 0.29) is 12.5 Å². The molecule has 0 unspecified atom stereocenters. The Morgan fingerprint density at radius 2 is 1.89 bits per heavy atom. The number of carbonyl (C=O) groups is 3. The minimum Gasteiger partial charge on any atom is -0.455 e. The number of hydrogen-bond acceptors (Lipinski definition) is 6. The van der Waals surface area contributed by atoms with Crippen LogP contribution in [0, 0.1) is 0 Å². The van der Waals surface area contributed by atoms with Gasteiger partial charge in [0.2, 0.25) is 0 Å². The SMILES string of the molecule is CCc1ccc(-c2nc(CC(=O)OCC(=O)NC(=O)N[C@H](C)CC)cs2)cc1. The lowest BCUT2D eigenvalue weighted by atomic mass is 10.1. The molecule has 2 aromatic rings. The Morgan fingerprint density at radius 1 is 1.18 bits per heavy atom. The fourth-order valence-electron chi connectivity index (χ4n) is 2.27. The van der Waals surface area contributed by atoms with Crippen LogP contribution in [0.3, 0.4) is 0 Å². The van der Waals surface area contributed by atoms with Gasteiger partial charge in [-0.25, -0.2) is 9.78 Å². The van der Waals surface area contributed by atoms with Gasteiger partial charge in [-0.1, -0.05) is 38.1 Å². The number of nitrogens with zero attached hydrogens (tertiary/aromatic N) is 1. The Balaban J connectivity index is 1.79. The number of amides is 3. The lowest BCUT2D eigenvalue weighted by Crippen LogP contribution is -2.44. The van der Waals surface area contributed by atoms with Gasteiger partial charge in [0.25, 0.3) is 5.91 Å². The van der Waals surface area contributed by atoms with Gasteiger partial charge >= 0.3 is 12.0 Å². The van der Waals surface area contributed by atoms with Crippen molar-refractivity contribution in [2.45, 2.75) is 46.1 Å². The van der Waals surface area contributed by atoms with Gasteiger partial charge < -0.3 is 10.1 Å². The molecule has 0 bridgehead atoms. The summed E-state index contributed by atoms with van der Waals surface area (Å²) >= 11 is 1.45. The highest BCUT2D eigenvalue weighted by atomic mass is 32.1. The van der Waals surface area contributed by atoms with Crippen LogP contribution in [-0.4, -0.2) is 35.5 Å². The quantitative estimate of drug-likeness (QED) is 0.660. The lowest BCUT2D eigenvalue weighted by molar-refractivity contribution is -0.147. The zero-order valence-corrected chi connectivity index (χ0v) is 17.1. The van der Waals surface area contributed by atoms with Gasteiger partial charge in [0.15, 0.2) is 6.61 Å². The second-order valence-electron chi connectivity index (χ2n) is 6.36. The van der Waals surface area contributed by atoms with Crippen LogP contribution in [0.15, 0.2) is 29.6 Å². The first-order chi connectivity index (χ1) is 13.4. The Bertz CT molecular complexity index is 817. The molecule has 0 aliphatic rings. The summed E-state index contributed by atoms with van der Waals surface area (Å²) in [5.74, 6) is -1.25. The number of esters is 1. The molecule has 0 fully saturated rings. The van der Waals surface area contributed by atoms with E-state index in [1.807, 2.05) is 26.0 Å². The molecule has 28 heavy (non-hydrogen) atoms. The van der Waals surface area contributed by atoms with E-state index in [1.165, 1.54) is 16.9 Å². The molecule has 0 radical (unpaired) electrons. The summed E-state index contributed by atoms with van der Waals surface area (Å²) in [6.07, 6.45) is 1.69. The molecule has 0 spiro atoms. The predicted molar refractivity (Wildman–Crippen MR) is 108 cm³/mol. The number of thiazole rings is 1. The zero-order valence-electron chi connectivity index (χ0n) is 16.3. The fourth-order valence-corrected chi connectivity index (χ4v) is 3.10. The van der Waals surface area contributed by atoms with E-state index in [1.54, 1.807) is 5.38 Å². The molecule has 2 rings (SSSR count). The van der Waals surface area contributed by atoms with Gasteiger partial charge in [0.05, 0.1) is 12.1 Å². The third kappa shape index (κ3) is 6.77. The number of aryl methyl sites for hydroxylation is 1. The van der Waals surface area contributed by atoms with Crippen molar-refractivity contribution >= 4 is 29.2 Å². The molecule has 0 saturated heterocycles. The summed E-state index contributed by atoms with van der Waals surface area (Å²) in [7, 11) is 0. The van der Waals surface area contributed by atoms with E-state index in [2.05, 4.69) is 34.7 Å². The van der Waals surface area contributed by atoms with Gasteiger partial charge in [0, 0.05) is 17.0 Å². The molecule has 0 saturated carbocycles. The maximum absolute atomic E-state index is 11.9. The topological polar surface area (TPSA) is 97.4 Å². The van der Waals surface area contributed by atoms with Gasteiger partial charge in [-0.3, -0.25) is 14.9 Å². The van der Waals surface area contributed by atoms with Gasteiger partial charge in [-0.15, -0.1) is 11.3 Å². The molecule has 1 heterocycles. The van der Waals surface area contributed by atoms with Crippen LogP contribution in [0.5, 0.6) is 0 Å². The van der Waals surface area contributed by atoms with E-state index in [0.717, 1.165) is 23.4 Å². The Labute approximate surface area is 168 Å². The van der Waals surface area contributed by atoms with Gasteiger partial charge in [-0.05, 0) is 25.3 Å². The Kier molecular flexibility index (Phi) is 8.13. The second-order valence-corrected chi connectivity index (χ2v) is 7.22. The largest absolute Gasteiger partial charge is 0.455 e. The fraction of sp³-hybridized carbons (Fsp3) is 0.400. The second kappa shape index (κ2) is 10.6. The number of carbonyl (C=O) groups excluding carboxylic acids is 3. The molecule has 2 N–H and O–H groups in total. The van der Waals surface area contributed by atoms with E-state index in [4.69, 9.17) is 4.74 Å². The van der Waals surface area contributed by atoms with Crippen molar-refractivity contribution in [3.05, 3.63) is 40.9 Å². The van der Waals surface area contributed by atoms with Crippen LogP contribution in [0.1, 0.15) is 38.4 Å². The molecule has 3 amide bonds. The highest BCUT2D eigenvalue weighted by Crippen LogP contribution is 2.24. The van der Waals surface area contributed by atoms with Crippen molar-refractivity contribution in [1.29, 1.82) is 0 Å². The number of aromatic nitrogens is 1. The van der Waals surface area contributed by atoms with Crippen molar-refractivity contribution < 1.29 is 19.1 Å². The first-order valence-electron chi connectivity index (χ1n) is 9.20. The molecule has 1 aromatic carbocycles. The maximum atomic E-state index is 11.9. The number of rotatable bonds is 8. The molecular weight excluding hydrogens is 378 g/mol. The molecule has 7 nitrogen and oxygen atoms in total. The first kappa shape index (κ1) is 21.6. The van der Waals surface area contributed by atoms with Crippen LogP contribution in [0.25, 0.3) is 10.6 Å². The van der Waals surface area contributed by atoms with E-state index in [9.17, 15) is 14.4 Å². The van der Waals surface area contributed by atoms with Crippen molar-refractivity contribution in [3.63, 3.8) is 0 Å². The lowest BCUT2D eigenvalue weighted by Gasteiger charge is -2.11. The summed E-state index contributed by atoms with van der Waals surface area (Å²) in [5, 5.41) is 7.33. The summed E-state index contributed by atoms with van der Waals surface area (Å²) < 4.78 is 4.92. The van der Waals surface area contributed by atoms with Crippen LogP contribution in [0.2, 0.25) is 0 Å². The minimum atomic E-state index is -0.677. The smallest absolute Gasteiger partial charge is 0.321 e. The zero-order chi connectivity index (χ0) is 20.5. The van der Waals surface area contributed by atoms with Crippen molar-refractivity contribution in [3.8, 4) is 10.6 Å². The molecule has 8 heteroatoms. The maximum Gasteiger partial charge on any atom is 0.321 e. The van der Waals surface area contributed by atoms with E-state index < -0.39 is 24.5 Å². The van der Waals surface area contributed by atoms with E-state index >= 15 is 0 Å². The minimum absolute atomic E-state index is 0.0319. The van der Waals surface area contributed by atoms with Gasteiger partial charge in [0.1, 0.15) is 5.01 Å². The van der Waals surface area contributed by atoms with Crippen molar-refractivity contribution in [2.75, 3.05) is 6.61 Å². The number of urea groups is 1. The predicted octanol–water partition coefficient (Wildman–Crippen LogP) is 3.08. The third-order valence-corrected chi connectivity index (χ3v) is 5.03. The summed E-state index contributed by atoms with van der Waals surface area (Å²) in [4.78, 5) is 39.6. The van der Waals surface area contributed by atoms with Crippen LogP contribution < -0.4 is 10.6 Å². The summed E-state index contributed by atoms with van der Waals surface area (Å²) in [6, 6.07) is 7.48. The van der Waals surface area contributed by atoms with Gasteiger partial charge in [-0.2, -0.15) is 0 Å². The highest BCUT2D eigenvalue weighted by molar-refractivity contribution is 7.13. The average molecular weight is 404 g/mol. The van der Waals surface area contributed by atoms with Crippen molar-refractivity contribution in [2.24, 2.45) is 0 Å². The average Bonchev–Trinajstić information content (AvgIpc) is 3.14. The number of nitrogens with one attached hydrogen (secondary N) is 2. The standard InChI is InChI=1S/C20H25N3O4S/c1-4-13(3)21-20(26)23-17(24)11-27-18(25)10-16-12-28-19(22-16)15-8-6-14(5-2)7-9-15/h6-9,12-13H,4-5,10-11H2,1-3H3,(H2,21,23,24,26)/t13-/m1/s1. The van der Waals surface area contributed by atoms with Crippen LogP contribution >= 0.6 is 11.3 Å². The molecule has 150 valence electrons. The van der Waals surface area contributed by atoms with Crippen LogP contribution in [0.4, 0.5) is 4.79 Å². The van der Waals surface area contributed by atoms with E-state index in [0.29, 0.717) is 5.69 Å². The first-order valence-corrected chi connectivity index (χ1v) is 10.1. The Hall–Kier alpha value is -2.74. The number of hydrogen-bond donors (Lipinski definition) is 2. The number of ether oxygens (including phenoxy) is 1. The summed E-state index contributed by atoms with van der Waals surface area (Å²) in [6.45, 7) is 5.33. The number of benzene rings is 1. The molecule has 1 atom stereocenters. The van der Waals surface area contributed by atoms with Crippen molar-refractivity contribution in [1.82, 2.24) is 15.6 Å². The molecule has 0 aliphatic heterocycles. The monoisotopic (exact) mass is 403 g/mol. The van der Waals surface area contributed by atoms with Crippen LogP contribution in [-0.2, 0) is 27.2 Å². The normalized spacial score (nSPS) is 11.5. The number of imide groups is 1.